The van der Waals surface area contributed by atoms with Crippen LogP contribution in [0.1, 0.15) is 12.8 Å². The Labute approximate surface area is 82.1 Å². The van der Waals surface area contributed by atoms with E-state index >= 15 is 0 Å². The van der Waals surface area contributed by atoms with Crippen LogP contribution in [0.25, 0.3) is 0 Å². The molecule has 0 saturated heterocycles. The fraction of sp³-hybridized carbons (Fsp3) is 0.857. The number of hydrogen-bond donors (Lipinski definition) is 2. The summed E-state index contributed by atoms with van der Waals surface area (Å²) >= 11 is 0. The van der Waals surface area contributed by atoms with Gasteiger partial charge >= 0.3 is 12.1 Å². The maximum absolute atomic E-state index is 12.1. The van der Waals surface area contributed by atoms with Crippen LogP contribution < -0.4 is 5.73 Å². The van der Waals surface area contributed by atoms with Gasteiger partial charge in [0, 0.05) is 0 Å². The molecule has 3 N–H and O–H groups in total. The summed E-state index contributed by atoms with van der Waals surface area (Å²) < 4.78 is 60.2. The molecular formula is C7H10F5NO2. The van der Waals surface area contributed by atoms with Gasteiger partial charge in [0.05, 0.1) is 18.4 Å². The van der Waals surface area contributed by atoms with Gasteiger partial charge in [-0.05, 0) is 6.42 Å². The van der Waals surface area contributed by atoms with Crippen molar-refractivity contribution in [3.05, 3.63) is 0 Å². The molecular weight excluding hydrogens is 225 g/mol. The highest BCUT2D eigenvalue weighted by Gasteiger charge is 2.42. The number of rotatable bonds is 5. The lowest BCUT2D eigenvalue weighted by molar-refractivity contribution is -0.186. The maximum Gasteiger partial charge on any atom is 0.392 e. The minimum atomic E-state index is -4.83. The Bertz CT molecular complexity index is 218. The Balaban J connectivity index is 4.45. The van der Waals surface area contributed by atoms with Crippen molar-refractivity contribution in [1.29, 1.82) is 0 Å². The molecule has 0 amide bonds. The molecule has 0 bridgehead atoms. The maximum atomic E-state index is 12.1. The van der Waals surface area contributed by atoms with E-state index in [9.17, 15) is 26.7 Å². The largest absolute Gasteiger partial charge is 0.481 e. The summed E-state index contributed by atoms with van der Waals surface area (Å²) in [6, 6.07) is -1.96. The molecule has 0 saturated carbocycles. The summed E-state index contributed by atoms with van der Waals surface area (Å²) in [5.74, 6) is -4.03. The van der Waals surface area contributed by atoms with Gasteiger partial charge in [-0.1, -0.05) is 0 Å². The van der Waals surface area contributed by atoms with Crippen molar-refractivity contribution in [3.63, 3.8) is 0 Å². The first-order valence-corrected chi connectivity index (χ1v) is 3.96. The highest BCUT2D eigenvalue weighted by Crippen LogP contribution is 2.32. The Morgan fingerprint density at radius 3 is 2.07 bits per heavy atom. The lowest BCUT2D eigenvalue weighted by atomic mass is 9.96. The Hall–Kier alpha value is -0.920. The lowest BCUT2D eigenvalue weighted by Crippen LogP contribution is -2.36. The highest BCUT2D eigenvalue weighted by atomic mass is 19.4. The normalized spacial score (nSPS) is 16.5. The number of aliphatic carboxylic acids is 1. The van der Waals surface area contributed by atoms with E-state index in [1.807, 2.05) is 0 Å². The first-order chi connectivity index (χ1) is 6.64. The van der Waals surface area contributed by atoms with E-state index in [0.29, 0.717) is 0 Å². The molecule has 15 heavy (non-hydrogen) atoms. The quantitative estimate of drug-likeness (QED) is 0.712. The van der Waals surface area contributed by atoms with Gasteiger partial charge in [0.1, 0.15) is 0 Å². The Kier molecular flexibility index (Phi) is 4.92. The summed E-state index contributed by atoms with van der Waals surface area (Å²) in [6.07, 6.45) is -10.3. The Morgan fingerprint density at radius 1 is 1.33 bits per heavy atom. The summed E-state index contributed by atoms with van der Waals surface area (Å²) in [6.45, 7) is 0. The second-order valence-electron chi connectivity index (χ2n) is 3.07. The van der Waals surface area contributed by atoms with Crippen LogP contribution in [-0.4, -0.2) is 29.7 Å². The van der Waals surface area contributed by atoms with Crippen molar-refractivity contribution in [3.8, 4) is 0 Å². The van der Waals surface area contributed by atoms with E-state index in [1.54, 1.807) is 0 Å². The van der Waals surface area contributed by atoms with Gasteiger partial charge in [0.2, 0.25) is 0 Å². The summed E-state index contributed by atoms with van der Waals surface area (Å²) in [5, 5.41) is 8.17. The molecule has 0 rings (SSSR count). The van der Waals surface area contributed by atoms with Gasteiger partial charge in [0.25, 0.3) is 6.43 Å². The van der Waals surface area contributed by atoms with E-state index in [2.05, 4.69) is 0 Å². The van der Waals surface area contributed by atoms with E-state index in [4.69, 9.17) is 10.8 Å². The standard InChI is InChI=1S/C7H10F5NO2/c8-6(9)4(13)1-3(2-5(14)15)7(10,11)12/h3-4,6H,1-2,13H2,(H,14,15). The molecule has 0 aromatic carbocycles. The molecule has 2 atom stereocenters. The van der Waals surface area contributed by atoms with Gasteiger partial charge in [-0.15, -0.1) is 0 Å². The second-order valence-corrected chi connectivity index (χ2v) is 3.07. The third-order valence-corrected chi connectivity index (χ3v) is 1.76. The minimum Gasteiger partial charge on any atom is -0.481 e. The lowest BCUT2D eigenvalue weighted by Gasteiger charge is -2.21. The fourth-order valence-electron chi connectivity index (χ4n) is 0.975. The van der Waals surface area contributed by atoms with Gasteiger partial charge in [-0.3, -0.25) is 4.79 Å². The molecule has 0 heterocycles. The summed E-state index contributed by atoms with van der Waals surface area (Å²) in [5.41, 5.74) is 4.75. The molecule has 3 nitrogen and oxygen atoms in total. The number of alkyl halides is 5. The van der Waals surface area contributed by atoms with Gasteiger partial charge < -0.3 is 10.8 Å². The van der Waals surface area contributed by atoms with Crippen LogP contribution >= 0.6 is 0 Å². The molecule has 0 aliphatic rings. The van der Waals surface area contributed by atoms with Crippen molar-refractivity contribution in [2.24, 2.45) is 11.7 Å². The van der Waals surface area contributed by atoms with Crippen LogP contribution in [0.2, 0.25) is 0 Å². The van der Waals surface area contributed by atoms with Crippen LogP contribution in [0.5, 0.6) is 0 Å². The summed E-state index contributed by atoms with van der Waals surface area (Å²) in [7, 11) is 0. The molecule has 0 aliphatic heterocycles. The SMILES string of the molecule is NC(CC(CC(=O)O)C(F)(F)F)C(F)F. The first kappa shape index (κ1) is 14.1. The number of carboxylic acids is 1. The van der Waals surface area contributed by atoms with Crippen molar-refractivity contribution in [1.82, 2.24) is 0 Å². The predicted molar refractivity (Wildman–Crippen MR) is 40.4 cm³/mol. The molecule has 90 valence electrons. The van der Waals surface area contributed by atoms with Gasteiger partial charge in [-0.2, -0.15) is 13.2 Å². The van der Waals surface area contributed by atoms with Crippen LogP contribution in [0, 0.1) is 5.92 Å². The fourth-order valence-corrected chi connectivity index (χ4v) is 0.975. The molecule has 0 radical (unpaired) electrons. The molecule has 0 fully saturated rings. The third-order valence-electron chi connectivity index (χ3n) is 1.76. The highest BCUT2D eigenvalue weighted by molar-refractivity contribution is 5.67. The number of hydrogen-bond acceptors (Lipinski definition) is 2. The zero-order valence-electron chi connectivity index (χ0n) is 7.47. The number of carboxylic acid groups (broad SMARTS) is 1. The number of halogens is 5. The topological polar surface area (TPSA) is 63.3 Å². The van der Waals surface area contributed by atoms with E-state index in [1.165, 1.54) is 0 Å². The molecule has 0 spiro atoms. The summed E-state index contributed by atoms with van der Waals surface area (Å²) in [4.78, 5) is 10.1. The molecule has 0 aromatic rings. The van der Waals surface area contributed by atoms with E-state index in [0.717, 1.165) is 0 Å². The van der Waals surface area contributed by atoms with Crippen molar-refractivity contribution in [2.45, 2.75) is 31.5 Å². The van der Waals surface area contributed by atoms with Crippen LogP contribution in [0.4, 0.5) is 22.0 Å². The second kappa shape index (κ2) is 5.24. The van der Waals surface area contributed by atoms with E-state index in [-0.39, 0.29) is 0 Å². The average molecular weight is 235 g/mol. The van der Waals surface area contributed by atoms with Crippen molar-refractivity contribution in [2.75, 3.05) is 0 Å². The third kappa shape index (κ3) is 5.50. The molecule has 2 unspecified atom stereocenters. The van der Waals surface area contributed by atoms with Crippen molar-refractivity contribution >= 4 is 5.97 Å². The zero-order chi connectivity index (χ0) is 12.2. The van der Waals surface area contributed by atoms with Crippen LogP contribution in [0.15, 0.2) is 0 Å². The Morgan fingerprint density at radius 2 is 1.80 bits per heavy atom. The average Bonchev–Trinajstić information content (AvgIpc) is 2.00. The molecule has 0 aliphatic carbocycles. The molecule has 0 aromatic heterocycles. The first-order valence-electron chi connectivity index (χ1n) is 3.96. The van der Waals surface area contributed by atoms with Gasteiger partial charge in [-0.25, -0.2) is 8.78 Å². The van der Waals surface area contributed by atoms with Crippen LogP contribution in [-0.2, 0) is 4.79 Å². The van der Waals surface area contributed by atoms with Crippen molar-refractivity contribution < 1.29 is 31.9 Å². The van der Waals surface area contributed by atoms with Gasteiger partial charge in [0.15, 0.2) is 0 Å². The van der Waals surface area contributed by atoms with E-state index < -0.39 is 43.4 Å². The molecule has 8 heteroatoms. The van der Waals surface area contributed by atoms with Crippen LogP contribution in [0.3, 0.4) is 0 Å². The monoisotopic (exact) mass is 235 g/mol. The zero-order valence-corrected chi connectivity index (χ0v) is 7.47. The predicted octanol–water partition coefficient (Wildman–Crippen LogP) is 1.62. The minimum absolute atomic E-state index is 1.09. The number of nitrogens with two attached hydrogens (primary N) is 1. The smallest absolute Gasteiger partial charge is 0.392 e. The number of carbonyl (C=O) groups is 1.